The molecule has 1 heterocycles. The monoisotopic (exact) mass is 427 g/mol. The van der Waals surface area contributed by atoms with E-state index >= 15 is 0 Å². The molecular weight excluding hydrogens is 417 g/mol. The molecule has 128 valence electrons. The Hall–Kier alpha value is -2.89. The van der Waals surface area contributed by atoms with E-state index in [1.807, 2.05) is 24.3 Å². The molecule has 2 aromatic carbocycles. The number of aromatic nitrogens is 2. The van der Waals surface area contributed by atoms with Crippen molar-refractivity contribution in [3.63, 3.8) is 0 Å². The first-order valence-electron chi connectivity index (χ1n) is 7.42. The number of halogens is 2. The smallest absolute Gasteiger partial charge is 0.199 e. The molecule has 0 atom stereocenters. The molecule has 0 bridgehead atoms. The summed E-state index contributed by atoms with van der Waals surface area (Å²) in [7, 11) is 0. The van der Waals surface area contributed by atoms with Crippen molar-refractivity contribution in [3.05, 3.63) is 74.7 Å². The summed E-state index contributed by atoms with van der Waals surface area (Å²) in [5.74, 6) is -0.0791. The Bertz CT molecular complexity index is 1050. The molecule has 3 aromatic rings. The van der Waals surface area contributed by atoms with Crippen LogP contribution in [0.25, 0.3) is 11.3 Å². The van der Waals surface area contributed by atoms with Crippen LogP contribution in [0.15, 0.2) is 58.1 Å². The molecule has 0 radical (unpaired) electrons. The molecule has 3 rings (SSSR count). The van der Waals surface area contributed by atoms with Crippen molar-refractivity contribution in [1.82, 2.24) is 9.97 Å². The van der Waals surface area contributed by atoms with Crippen LogP contribution >= 0.6 is 28.1 Å². The molecule has 2 N–H and O–H groups in total. The number of rotatable bonds is 4. The zero-order valence-electron chi connectivity index (χ0n) is 13.2. The molecule has 0 spiro atoms. The Morgan fingerprint density at radius 2 is 1.88 bits per heavy atom. The molecule has 1 aromatic heterocycles. The Kier molecular flexibility index (Phi) is 5.51. The van der Waals surface area contributed by atoms with Gasteiger partial charge in [0.05, 0.1) is 11.9 Å². The van der Waals surface area contributed by atoms with Gasteiger partial charge >= 0.3 is 0 Å². The quantitative estimate of drug-likeness (QED) is 0.347. The molecule has 0 aliphatic carbocycles. The number of nitriles is 1. The summed E-state index contributed by atoms with van der Waals surface area (Å²) in [4.78, 5) is 7.09. The number of nitrogens with zero attached hydrogens (tertiary/aromatic N) is 3. The van der Waals surface area contributed by atoms with Gasteiger partial charge in [-0.2, -0.15) is 15.3 Å². The first-order valence-corrected chi connectivity index (χ1v) is 8.62. The predicted octanol–water partition coefficient (Wildman–Crippen LogP) is 5.03. The van der Waals surface area contributed by atoms with E-state index < -0.39 is 0 Å². The Labute approximate surface area is 162 Å². The van der Waals surface area contributed by atoms with Gasteiger partial charge in [-0.3, -0.25) is 5.43 Å². The lowest BCUT2D eigenvalue weighted by Crippen LogP contribution is -2.02. The van der Waals surface area contributed by atoms with Gasteiger partial charge in [0.25, 0.3) is 0 Å². The topological polar surface area (TPSA) is 76.9 Å². The molecule has 0 unspecified atom stereocenters. The van der Waals surface area contributed by atoms with Crippen molar-refractivity contribution in [2.24, 2.45) is 5.10 Å². The van der Waals surface area contributed by atoms with Crippen LogP contribution in [0.4, 0.5) is 10.2 Å². The van der Waals surface area contributed by atoms with Gasteiger partial charge in [0.2, 0.25) is 0 Å². The molecule has 0 fully saturated rings. The minimum atomic E-state index is -0.322. The summed E-state index contributed by atoms with van der Waals surface area (Å²) in [5.41, 5.74) is 5.08. The molecule has 0 amide bonds. The minimum absolute atomic E-state index is 0.224. The number of H-pyrrole nitrogens is 1. The normalized spacial score (nSPS) is 10.7. The van der Waals surface area contributed by atoms with Crippen molar-refractivity contribution < 1.29 is 4.39 Å². The van der Waals surface area contributed by atoms with Crippen LogP contribution in [0.3, 0.4) is 0 Å². The largest absolute Gasteiger partial charge is 0.329 e. The highest BCUT2D eigenvalue weighted by molar-refractivity contribution is 9.10. The number of nitrogens with one attached hydrogen (secondary N) is 2. The van der Waals surface area contributed by atoms with E-state index in [4.69, 9.17) is 12.2 Å². The summed E-state index contributed by atoms with van der Waals surface area (Å²) in [6.07, 6.45) is 1.50. The first kappa shape index (κ1) is 17.9. The Morgan fingerprint density at radius 1 is 1.19 bits per heavy atom. The van der Waals surface area contributed by atoms with Crippen LogP contribution < -0.4 is 5.43 Å². The standard InChI is InChI=1S/C18H11BrFN5S/c19-13-5-3-12(4-6-13)16-15(9-21)17(24-18(26)23-16)25-22-10-11-1-7-14(20)8-2-11/h1-8,10H,(H2,23,24,25,26)/b22-10+. The fourth-order valence-corrected chi connectivity index (χ4v) is 2.67. The van der Waals surface area contributed by atoms with E-state index in [9.17, 15) is 9.65 Å². The van der Waals surface area contributed by atoms with Crippen LogP contribution in [0.1, 0.15) is 11.1 Å². The van der Waals surface area contributed by atoms with Gasteiger partial charge in [0.1, 0.15) is 17.4 Å². The molecule has 0 saturated heterocycles. The second-order valence-electron chi connectivity index (χ2n) is 5.18. The minimum Gasteiger partial charge on any atom is -0.329 e. The fourth-order valence-electron chi connectivity index (χ4n) is 2.21. The number of hydrogen-bond donors (Lipinski definition) is 2. The fraction of sp³-hybridized carbons (Fsp3) is 0. The highest BCUT2D eigenvalue weighted by Gasteiger charge is 2.12. The summed E-state index contributed by atoms with van der Waals surface area (Å²) in [5, 5.41) is 13.6. The maximum Gasteiger partial charge on any atom is 0.199 e. The van der Waals surface area contributed by atoms with Crippen LogP contribution in [-0.2, 0) is 0 Å². The van der Waals surface area contributed by atoms with Gasteiger partial charge in [-0.15, -0.1) is 0 Å². The van der Waals surface area contributed by atoms with Crippen molar-refractivity contribution in [3.8, 4) is 17.3 Å². The Balaban J connectivity index is 1.94. The van der Waals surface area contributed by atoms with Gasteiger partial charge in [0, 0.05) is 4.47 Å². The van der Waals surface area contributed by atoms with Gasteiger partial charge in [-0.25, -0.2) is 4.39 Å². The zero-order chi connectivity index (χ0) is 18.5. The highest BCUT2D eigenvalue weighted by Crippen LogP contribution is 2.26. The van der Waals surface area contributed by atoms with E-state index in [0.717, 1.165) is 10.0 Å². The second-order valence-corrected chi connectivity index (χ2v) is 6.48. The average Bonchev–Trinajstić information content (AvgIpc) is 2.63. The number of hydrazone groups is 1. The average molecular weight is 428 g/mol. The van der Waals surface area contributed by atoms with Gasteiger partial charge < -0.3 is 4.98 Å². The third-order valence-corrected chi connectivity index (χ3v) is 4.15. The van der Waals surface area contributed by atoms with E-state index in [1.54, 1.807) is 12.1 Å². The molecule has 0 aliphatic rings. The molecule has 5 nitrogen and oxygen atoms in total. The van der Waals surface area contributed by atoms with Gasteiger partial charge in [0.15, 0.2) is 10.6 Å². The van der Waals surface area contributed by atoms with Gasteiger partial charge in [-0.05, 0) is 47.6 Å². The number of benzene rings is 2. The summed E-state index contributed by atoms with van der Waals surface area (Å²) < 4.78 is 14.1. The predicted molar refractivity (Wildman–Crippen MR) is 105 cm³/mol. The molecule has 8 heteroatoms. The molecule has 0 saturated carbocycles. The first-order chi connectivity index (χ1) is 12.6. The van der Waals surface area contributed by atoms with Crippen LogP contribution in [0.5, 0.6) is 0 Å². The summed E-state index contributed by atoms with van der Waals surface area (Å²) >= 11 is 8.54. The van der Waals surface area contributed by atoms with Crippen molar-refractivity contribution in [2.45, 2.75) is 0 Å². The lowest BCUT2D eigenvalue weighted by atomic mass is 10.1. The molecular formula is C18H11BrFN5S. The van der Waals surface area contributed by atoms with E-state index in [1.165, 1.54) is 18.3 Å². The maximum absolute atomic E-state index is 12.9. The van der Waals surface area contributed by atoms with E-state index in [0.29, 0.717) is 11.3 Å². The van der Waals surface area contributed by atoms with Gasteiger partial charge in [-0.1, -0.05) is 40.2 Å². The van der Waals surface area contributed by atoms with Crippen LogP contribution in [-0.4, -0.2) is 16.2 Å². The maximum atomic E-state index is 12.9. The zero-order valence-corrected chi connectivity index (χ0v) is 15.6. The van der Waals surface area contributed by atoms with E-state index in [-0.39, 0.29) is 22.0 Å². The summed E-state index contributed by atoms with van der Waals surface area (Å²) in [6, 6.07) is 15.4. The lowest BCUT2D eigenvalue weighted by Gasteiger charge is -2.08. The van der Waals surface area contributed by atoms with Crippen molar-refractivity contribution >= 4 is 40.2 Å². The number of anilines is 1. The van der Waals surface area contributed by atoms with Crippen molar-refractivity contribution in [1.29, 1.82) is 5.26 Å². The van der Waals surface area contributed by atoms with Crippen LogP contribution in [0.2, 0.25) is 0 Å². The molecule has 0 aliphatic heterocycles. The SMILES string of the molecule is N#Cc1c(N/N=C/c2ccc(F)cc2)nc(=S)[nH]c1-c1ccc(Br)cc1. The number of hydrogen-bond acceptors (Lipinski definition) is 5. The third kappa shape index (κ3) is 4.20. The number of aromatic amines is 1. The summed E-state index contributed by atoms with van der Waals surface area (Å²) in [6.45, 7) is 0. The highest BCUT2D eigenvalue weighted by atomic mass is 79.9. The van der Waals surface area contributed by atoms with Crippen molar-refractivity contribution in [2.75, 3.05) is 5.43 Å². The van der Waals surface area contributed by atoms with Crippen LogP contribution in [0, 0.1) is 21.9 Å². The Morgan fingerprint density at radius 3 is 2.54 bits per heavy atom. The molecule has 26 heavy (non-hydrogen) atoms. The van der Waals surface area contributed by atoms with E-state index in [2.05, 4.69) is 42.5 Å². The lowest BCUT2D eigenvalue weighted by molar-refractivity contribution is 0.628. The second kappa shape index (κ2) is 7.99. The third-order valence-electron chi connectivity index (χ3n) is 3.43.